The van der Waals surface area contributed by atoms with Gasteiger partial charge >= 0.3 is 0 Å². The van der Waals surface area contributed by atoms with Crippen molar-refractivity contribution in [2.24, 2.45) is 11.0 Å². The highest BCUT2D eigenvalue weighted by Crippen LogP contribution is 2.45. The van der Waals surface area contributed by atoms with Crippen LogP contribution in [0.25, 0.3) is 0 Å². The summed E-state index contributed by atoms with van der Waals surface area (Å²) in [6, 6.07) is -0.0691. The van der Waals surface area contributed by atoms with Crippen molar-refractivity contribution in [2.75, 3.05) is 0 Å². The van der Waals surface area contributed by atoms with E-state index in [-0.39, 0.29) is 22.4 Å². The standard InChI is InChI=1S/C11H10FN3OS/c12-9-4-6-8(17-9)3-7-11(16)14-13-10(15(6)7)5-1-2-5/h3-6,8H,1-2H2,(H,14,16). The molecule has 0 bridgehead atoms. The van der Waals surface area contributed by atoms with Crippen LogP contribution in [0.1, 0.15) is 12.8 Å². The molecule has 3 aliphatic heterocycles. The van der Waals surface area contributed by atoms with Crippen molar-refractivity contribution >= 4 is 23.5 Å². The Balaban J connectivity index is 1.78. The molecule has 0 radical (unpaired) electrons. The maximum atomic E-state index is 13.3. The summed E-state index contributed by atoms with van der Waals surface area (Å²) in [6.07, 6.45) is 5.66. The number of amidine groups is 1. The van der Waals surface area contributed by atoms with E-state index in [9.17, 15) is 9.18 Å². The van der Waals surface area contributed by atoms with Crippen LogP contribution in [0, 0.1) is 5.92 Å². The number of hydrazone groups is 1. The van der Waals surface area contributed by atoms with Gasteiger partial charge in [-0.1, -0.05) is 11.8 Å². The first kappa shape index (κ1) is 9.70. The monoisotopic (exact) mass is 251 g/mol. The second kappa shape index (κ2) is 3.13. The number of hydrogen-bond acceptors (Lipinski definition) is 4. The van der Waals surface area contributed by atoms with Gasteiger partial charge in [-0.05, 0) is 25.0 Å². The summed E-state index contributed by atoms with van der Waals surface area (Å²) in [5, 5.41) is 4.00. The van der Waals surface area contributed by atoms with Crippen molar-refractivity contribution in [3.63, 3.8) is 0 Å². The number of amides is 1. The number of hydrogen-bond donors (Lipinski definition) is 1. The van der Waals surface area contributed by atoms with Crippen LogP contribution >= 0.6 is 11.8 Å². The lowest BCUT2D eigenvalue weighted by atomic mass is 10.2. The molecule has 4 nitrogen and oxygen atoms in total. The summed E-state index contributed by atoms with van der Waals surface area (Å²) in [4.78, 5) is 13.6. The Morgan fingerprint density at radius 1 is 1.47 bits per heavy atom. The first-order valence-electron chi connectivity index (χ1n) is 5.67. The summed E-state index contributed by atoms with van der Waals surface area (Å²) >= 11 is 1.18. The van der Waals surface area contributed by atoms with Crippen molar-refractivity contribution in [2.45, 2.75) is 24.1 Å². The van der Waals surface area contributed by atoms with Gasteiger partial charge < -0.3 is 4.90 Å². The molecule has 3 heterocycles. The van der Waals surface area contributed by atoms with Crippen molar-refractivity contribution in [1.29, 1.82) is 0 Å². The molecular formula is C11H10FN3OS. The second-order valence-corrected chi connectivity index (χ2v) is 5.82. The Labute approximate surface area is 102 Å². The Morgan fingerprint density at radius 2 is 2.29 bits per heavy atom. The Kier molecular flexibility index (Phi) is 1.79. The van der Waals surface area contributed by atoms with Gasteiger partial charge in [0, 0.05) is 5.92 Å². The molecule has 6 heteroatoms. The smallest absolute Gasteiger partial charge is 0.287 e. The van der Waals surface area contributed by atoms with E-state index in [4.69, 9.17) is 0 Å². The van der Waals surface area contributed by atoms with Crippen LogP contribution < -0.4 is 5.43 Å². The second-order valence-electron chi connectivity index (χ2n) is 4.65. The van der Waals surface area contributed by atoms with Gasteiger partial charge in [-0.15, -0.1) is 0 Å². The molecule has 4 aliphatic rings. The van der Waals surface area contributed by atoms with E-state index < -0.39 is 0 Å². The number of halogens is 1. The minimum Gasteiger partial charge on any atom is -0.315 e. The summed E-state index contributed by atoms with van der Waals surface area (Å²) in [7, 11) is 0. The van der Waals surface area contributed by atoms with Gasteiger partial charge in [0.15, 0.2) is 5.16 Å². The maximum Gasteiger partial charge on any atom is 0.287 e. The predicted molar refractivity (Wildman–Crippen MR) is 62.6 cm³/mol. The molecule has 88 valence electrons. The Bertz CT molecular complexity index is 509. The largest absolute Gasteiger partial charge is 0.315 e. The van der Waals surface area contributed by atoms with Crippen molar-refractivity contribution < 1.29 is 9.18 Å². The van der Waals surface area contributed by atoms with Crippen LogP contribution in [0.5, 0.6) is 0 Å². The van der Waals surface area contributed by atoms with Crippen molar-refractivity contribution in [3.8, 4) is 0 Å². The molecule has 2 atom stereocenters. The van der Waals surface area contributed by atoms with E-state index in [0.29, 0.717) is 11.6 Å². The number of nitrogens with one attached hydrogen (secondary N) is 1. The molecule has 0 aromatic rings. The number of carbonyl (C=O) groups excluding carboxylic acids is 1. The lowest BCUT2D eigenvalue weighted by molar-refractivity contribution is -0.119. The van der Waals surface area contributed by atoms with Crippen LogP contribution in [0.4, 0.5) is 4.39 Å². The molecule has 0 saturated heterocycles. The van der Waals surface area contributed by atoms with Crippen LogP contribution in [-0.2, 0) is 4.79 Å². The molecule has 17 heavy (non-hydrogen) atoms. The molecule has 1 saturated carbocycles. The van der Waals surface area contributed by atoms with Gasteiger partial charge in [-0.2, -0.15) is 9.49 Å². The highest BCUT2D eigenvalue weighted by molar-refractivity contribution is 8.03. The molecule has 1 aliphatic carbocycles. The predicted octanol–water partition coefficient (Wildman–Crippen LogP) is 1.33. The fourth-order valence-corrected chi connectivity index (χ4v) is 3.54. The van der Waals surface area contributed by atoms with Gasteiger partial charge in [0.1, 0.15) is 11.5 Å². The molecule has 0 aromatic heterocycles. The van der Waals surface area contributed by atoms with E-state index in [2.05, 4.69) is 10.5 Å². The minimum atomic E-state index is -0.182. The van der Waals surface area contributed by atoms with Gasteiger partial charge in [-0.3, -0.25) is 4.79 Å². The van der Waals surface area contributed by atoms with E-state index >= 15 is 0 Å². The highest BCUT2D eigenvalue weighted by atomic mass is 32.2. The first-order chi connectivity index (χ1) is 8.24. The van der Waals surface area contributed by atoms with Crippen LogP contribution in [0.3, 0.4) is 0 Å². The lowest BCUT2D eigenvalue weighted by Crippen LogP contribution is -2.46. The average Bonchev–Trinajstić information content (AvgIpc) is 2.98. The summed E-state index contributed by atoms with van der Waals surface area (Å²) < 4.78 is 13.3. The van der Waals surface area contributed by atoms with E-state index in [1.54, 1.807) is 6.08 Å². The SMILES string of the molecule is O=C1NN=C(C2CC2)N2C1=CC1SC(F)=CC12. The molecule has 4 rings (SSSR count). The summed E-state index contributed by atoms with van der Waals surface area (Å²) in [5.74, 6) is 1.15. The van der Waals surface area contributed by atoms with E-state index in [1.807, 2.05) is 11.0 Å². The molecule has 1 amide bonds. The third-order valence-electron chi connectivity index (χ3n) is 3.46. The molecule has 0 spiro atoms. The normalized spacial score (nSPS) is 34.8. The number of rotatable bonds is 1. The Hall–Kier alpha value is -1.30. The molecule has 1 fully saturated rings. The first-order valence-corrected chi connectivity index (χ1v) is 6.55. The lowest BCUT2D eigenvalue weighted by Gasteiger charge is -2.31. The van der Waals surface area contributed by atoms with Gasteiger partial charge in [0.05, 0.1) is 11.3 Å². The van der Waals surface area contributed by atoms with E-state index in [0.717, 1.165) is 18.7 Å². The van der Waals surface area contributed by atoms with Crippen LogP contribution in [0.2, 0.25) is 0 Å². The number of thioether (sulfide) groups is 1. The van der Waals surface area contributed by atoms with Crippen molar-refractivity contribution in [3.05, 3.63) is 23.0 Å². The van der Waals surface area contributed by atoms with Gasteiger partial charge in [-0.25, -0.2) is 5.43 Å². The highest BCUT2D eigenvalue weighted by Gasteiger charge is 2.48. The quantitative estimate of drug-likeness (QED) is 0.764. The fourth-order valence-electron chi connectivity index (χ4n) is 2.53. The van der Waals surface area contributed by atoms with Crippen LogP contribution in [-0.4, -0.2) is 27.9 Å². The maximum absolute atomic E-state index is 13.3. The zero-order chi connectivity index (χ0) is 11.6. The zero-order valence-corrected chi connectivity index (χ0v) is 9.71. The van der Waals surface area contributed by atoms with Gasteiger partial charge in [0.2, 0.25) is 0 Å². The molecule has 2 unspecified atom stereocenters. The van der Waals surface area contributed by atoms with E-state index in [1.165, 1.54) is 11.8 Å². The van der Waals surface area contributed by atoms with Crippen LogP contribution in [0.15, 0.2) is 28.1 Å². The van der Waals surface area contributed by atoms with Crippen molar-refractivity contribution in [1.82, 2.24) is 10.3 Å². The number of fused-ring (bicyclic) bond motifs is 3. The minimum absolute atomic E-state index is 0.0119. The third-order valence-corrected chi connectivity index (χ3v) is 4.51. The summed E-state index contributed by atoms with van der Waals surface area (Å²) in [6.45, 7) is 0. The molecule has 0 aromatic carbocycles. The van der Waals surface area contributed by atoms with Gasteiger partial charge in [0.25, 0.3) is 5.91 Å². The molecular weight excluding hydrogens is 241 g/mol. The molecule has 1 N–H and O–H groups in total. The average molecular weight is 251 g/mol. The number of carbonyl (C=O) groups is 1. The third kappa shape index (κ3) is 1.30. The zero-order valence-electron chi connectivity index (χ0n) is 8.89. The summed E-state index contributed by atoms with van der Waals surface area (Å²) in [5.41, 5.74) is 3.17. The topological polar surface area (TPSA) is 44.7 Å². The number of nitrogens with zero attached hydrogens (tertiary/aromatic N) is 2. The fraction of sp³-hybridized carbons (Fsp3) is 0.455. The Morgan fingerprint density at radius 3 is 3.06 bits per heavy atom.